The smallest absolute Gasteiger partial charge is 0.325 e. The highest BCUT2D eigenvalue weighted by molar-refractivity contribution is 6.34. The highest BCUT2D eigenvalue weighted by Crippen LogP contribution is 2.24. The quantitative estimate of drug-likeness (QED) is 0.893. The van der Waals surface area contributed by atoms with Gasteiger partial charge in [-0.05, 0) is 30.2 Å². The Hall–Kier alpha value is -0.810. The summed E-state index contributed by atoms with van der Waals surface area (Å²) in [7, 11) is 0. The second kappa shape index (κ2) is 5.05. The van der Waals surface area contributed by atoms with Crippen molar-refractivity contribution in [1.29, 1.82) is 0 Å². The van der Waals surface area contributed by atoms with Gasteiger partial charge < -0.3 is 10.8 Å². The van der Waals surface area contributed by atoms with E-state index in [-0.39, 0.29) is 0 Å². The molecule has 1 heterocycles. The third kappa shape index (κ3) is 2.95. The van der Waals surface area contributed by atoms with E-state index >= 15 is 0 Å². The Morgan fingerprint density at radius 1 is 1.39 bits per heavy atom. The minimum Gasteiger partial charge on any atom is -0.480 e. The number of carboxylic acid groups (broad SMARTS) is 1. The third-order valence-corrected chi connectivity index (χ3v) is 3.57. The molecule has 0 bridgehead atoms. The number of carboxylic acids is 1. The van der Waals surface area contributed by atoms with Crippen LogP contribution in [-0.4, -0.2) is 34.6 Å². The predicted octanol–water partition coefficient (Wildman–Crippen LogP) is 1.98. The first-order valence-electron chi connectivity index (χ1n) is 5.59. The molecular weight excluding hydrogens is 275 g/mol. The van der Waals surface area contributed by atoms with E-state index in [1.807, 2.05) is 17.0 Å². The second-order valence-corrected chi connectivity index (χ2v) is 5.57. The maximum absolute atomic E-state index is 11.0. The van der Waals surface area contributed by atoms with E-state index in [4.69, 9.17) is 34.0 Å². The third-order valence-electron chi connectivity index (χ3n) is 3.13. The molecule has 1 atom stereocenters. The number of carbonyl (C=O) groups is 1. The van der Waals surface area contributed by atoms with Crippen LogP contribution in [0.3, 0.4) is 0 Å². The molecule has 1 aliphatic rings. The van der Waals surface area contributed by atoms with E-state index in [9.17, 15) is 4.79 Å². The number of benzene rings is 1. The summed E-state index contributed by atoms with van der Waals surface area (Å²) >= 11 is 11.8. The molecule has 0 unspecified atom stereocenters. The van der Waals surface area contributed by atoms with Crippen molar-refractivity contribution in [3.05, 3.63) is 33.8 Å². The number of hydrogen-bond donors (Lipinski definition) is 2. The summed E-state index contributed by atoms with van der Waals surface area (Å²) in [6, 6.07) is 5.32. The number of hydrogen-bond acceptors (Lipinski definition) is 3. The van der Waals surface area contributed by atoms with Crippen LogP contribution in [0.4, 0.5) is 0 Å². The molecule has 1 saturated heterocycles. The normalized spacial score (nSPS) is 24.4. The molecule has 98 valence electrons. The Morgan fingerprint density at radius 2 is 2.00 bits per heavy atom. The zero-order valence-electron chi connectivity index (χ0n) is 9.70. The molecule has 0 spiro atoms. The molecule has 4 nitrogen and oxygen atoms in total. The summed E-state index contributed by atoms with van der Waals surface area (Å²) in [4.78, 5) is 13.0. The van der Waals surface area contributed by atoms with Gasteiger partial charge in [-0.3, -0.25) is 9.69 Å². The van der Waals surface area contributed by atoms with Crippen molar-refractivity contribution in [3.8, 4) is 0 Å². The maximum Gasteiger partial charge on any atom is 0.325 e. The van der Waals surface area contributed by atoms with Gasteiger partial charge >= 0.3 is 5.97 Å². The van der Waals surface area contributed by atoms with Gasteiger partial charge in [0.25, 0.3) is 0 Å². The lowest BCUT2D eigenvalue weighted by Gasteiger charge is -2.20. The first-order chi connectivity index (χ1) is 8.39. The zero-order chi connectivity index (χ0) is 13.3. The van der Waals surface area contributed by atoms with E-state index in [1.54, 1.807) is 6.07 Å². The van der Waals surface area contributed by atoms with Crippen molar-refractivity contribution in [1.82, 2.24) is 4.90 Å². The molecular formula is C12H14Cl2N2O2. The maximum atomic E-state index is 11.0. The lowest BCUT2D eigenvalue weighted by molar-refractivity contribution is -0.142. The van der Waals surface area contributed by atoms with Crippen LogP contribution >= 0.6 is 23.2 Å². The number of likely N-dealkylation sites (tertiary alicyclic amines) is 1. The molecule has 0 radical (unpaired) electrons. The van der Waals surface area contributed by atoms with Gasteiger partial charge in [0, 0.05) is 29.7 Å². The van der Waals surface area contributed by atoms with E-state index in [0.29, 0.717) is 36.1 Å². The van der Waals surface area contributed by atoms with Crippen LogP contribution in [0, 0.1) is 0 Å². The van der Waals surface area contributed by atoms with Crippen molar-refractivity contribution in [2.75, 3.05) is 13.1 Å². The van der Waals surface area contributed by atoms with Crippen LogP contribution in [-0.2, 0) is 11.3 Å². The summed E-state index contributed by atoms with van der Waals surface area (Å²) in [5.74, 6) is -0.950. The summed E-state index contributed by atoms with van der Waals surface area (Å²) < 4.78 is 0. The Bertz CT molecular complexity index is 461. The minimum absolute atomic E-state index is 0.340. The van der Waals surface area contributed by atoms with Crippen LogP contribution in [0.2, 0.25) is 10.0 Å². The van der Waals surface area contributed by atoms with Gasteiger partial charge in [0.1, 0.15) is 5.54 Å². The van der Waals surface area contributed by atoms with Crippen LogP contribution in [0.1, 0.15) is 12.0 Å². The standard InChI is InChI=1S/C12H14Cl2N2O2/c13-9-3-8(4-10(14)5-9)6-16-2-1-12(15,7-16)11(17)18/h3-5H,1-2,6-7,15H2,(H,17,18)/t12-/m0/s1. The molecule has 18 heavy (non-hydrogen) atoms. The summed E-state index contributed by atoms with van der Waals surface area (Å²) in [6.45, 7) is 1.60. The first kappa shape index (κ1) is 13.6. The van der Waals surface area contributed by atoms with Crippen molar-refractivity contribution in [2.45, 2.75) is 18.5 Å². The van der Waals surface area contributed by atoms with Gasteiger partial charge in [0.05, 0.1) is 0 Å². The summed E-state index contributed by atoms with van der Waals surface area (Å²) in [5, 5.41) is 10.2. The topological polar surface area (TPSA) is 66.6 Å². The lowest BCUT2D eigenvalue weighted by atomic mass is 10.0. The number of aliphatic carboxylic acids is 1. The zero-order valence-corrected chi connectivity index (χ0v) is 11.2. The van der Waals surface area contributed by atoms with Gasteiger partial charge in [-0.25, -0.2) is 0 Å². The molecule has 0 amide bonds. The Morgan fingerprint density at radius 3 is 2.50 bits per heavy atom. The van der Waals surface area contributed by atoms with Gasteiger partial charge in [0.15, 0.2) is 0 Å². The van der Waals surface area contributed by atoms with Crippen molar-refractivity contribution >= 4 is 29.2 Å². The van der Waals surface area contributed by atoms with Crippen molar-refractivity contribution in [3.63, 3.8) is 0 Å². The Balaban J connectivity index is 2.06. The largest absolute Gasteiger partial charge is 0.480 e. The first-order valence-corrected chi connectivity index (χ1v) is 6.34. The van der Waals surface area contributed by atoms with Crippen LogP contribution in [0.25, 0.3) is 0 Å². The van der Waals surface area contributed by atoms with E-state index in [1.165, 1.54) is 0 Å². The molecule has 2 rings (SSSR count). The fraction of sp³-hybridized carbons (Fsp3) is 0.417. The van der Waals surface area contributed by atoms with Gasteiger partial charge in [-0.2, -0.15) is 0 Å². The molecule has 1 aromatic rings. The van der Waals surface area contributed by atoms with Crippen LogP contribution < -0.4 is 5.73 Å². The fourth-order valence-electron chi connectivity index (χ4n) is 2.18. The van der Waals surface area contributed by atoms with Crippen LogP contribution in [0.15, 0.2) is 18.2 Å². The highest BCUT2D eigenvalue weighted by Gasteiger charge is 2.41. The lowest BCUT2D eigenvalue weighted by Crippen LogP contribution is -2.50. The molecule has 1 aliphatic heterocycles. The average molecular weight is 289 g/mol. The molecule has 3 N–H and O–H groups in total. The Kier molecular flexibility index (Phi) is 3.82. The molecule has 0 aromatic heterocycles. The van der Waals surface area contributed by atoms with Gasteiger partial charge in [-0.1, -0.05) is 23.2 Å². The fourth-order valence-corrected chi connectivity index (χ4v) is 2.76. The molecule has 0 aliphatic carbocycles. The predicted molar refractivity (Wildman–Crippen MR) is 70.9 cm³/mol. The van der Waals surface area contributed by atoms with E-state index in [0.717, 1.165) is 5.56 Å². The molecule has 1 fully saturated rings. The van der Waals surface area contributed by atoms with Gasteiger partial charge in [-0.15, -0.1) is 0 Å². The second-order valence-electron chi connectivity index (χ2n) is 4.70. The number of rotatable bonds is 3. The number of nitrogens with two attached hydrogens (primary N) is 1. The summed E-state index contributed by atoms with van der Waals surface area (Å²) in [6.07, 6.45) is 0.455. The average Bonchev–Trinajstić information content (AvgIpc) is 2.60. The molecule has 6 heteroatoms. The molecule has 1 aromatic carbocycles. The number of nitrogens with zero attached hydrogens (tertiary/aromatic N) is 1. The minimum atomic E-state index is -1.14. The van der Waals surface area contributed by atoms with E-state index < -0.39 is 11.5 Å². The van der Waals surface area contributed by atoms with Crippen molar-refractivity contribution in [2.24, 2.45) is 5.73 Å². The SMILES string of the molecule is N[C@@]1(C(=O)O)CCN(Cc2cc(Cl)cc(Cl)c2)C1. The molecule has 0 saturated carbocycles. The van der Waals surface area contributed by atoms with Crippen molar-refractivity contribution < 1.29 is 9.90 Å². The monoisotopic (exact) mass is 288 g/mol. The number of halogens is 2. The highest BCUT2D eigenvalue weighted by atomic mass is 35.5. The van der Waals surface area contributed by atoms with Gasteiger partial charge in [0.2, 0.25) is 0 Å². The van der Waals surface area contributed by atoms with Crippen LogP contribution in [0.5, 0.6) is 0 Å². The summed E-state index contributed by atoms with van der Waals surface area (Å²) in [5.41, 5.74) is 5.64. The van der Waals surface area contributed by atoms with E-state index in [2.05, 4.69) is 0 Å². The Labute approximate surface area is 115 Å².